The first-order chi connectivity index (χ1) is 9.03. The van der Waals surface area contributed by atoms with Crippen molar-refractivity contribution < 1.29 is 13.5 Å². The smallest absolute Gasteiger partial charge is 0.301 e. The van der Waals surface area contributed by atoms with Crippen LogP contribution in [0.2, 0.25) is 0 Å². The average Bonchev–Trinajstić information content (AvgIpc) is 2.38. The van der Waals surface area contributed by atoms with Crippen molar-refractivity contribution in [2.75, 3.05) is 17.9 Å². The van der Waals surface area contributed by atoms with Crippen LogP contribution in [0.5, 0.6) is 0 Å². The van der Waals surface area contributed by atoms with Gasteiger partial charge in [-0.1, -0.05) is 18.6 Å². The Balaban J connectivity index is 2.17. The summed E-state index contributed by atoms with van der Waals surface area (Å²) in [6.07, 6.45) is 2.51. The van der Waals surface area contributed by atoms with Crippen molar-refractivity contribution in [2.24, 2.45) is 0 Å². The summed E-state index contributed by atoms with van der Waals surface area (Å²) in [6, 6.07) is 6.93. The molecule has 5 nitrogen and oxygen atoms in total. The van der Waals surface area contributed by atoms with E-state index in [-0.39, 0.29) is 12.6 Å². The Kier molecular flexibility index (Phi) is 4.44. The molecule has 1 aromatic carbocycles. The second kappa shape index (κ2) is 5.90. The highest BCUT2D eigenvalue weighted by atomic mass is 32.2. The van der Waals surface area contributed by atoms with Crippen molar-refractivity contribution in [2.45, 2.75) is 32.2 Å². The number of rotatable bonds is 4. The standard InChI is InChI=1S/C13H20N2O3S/c1-11-5-4-6-12(9-11)14-19(17,18)15-8-3-2-7-13(15)10-16/h4-6,9,13-14,16H,2-3,7-8,10H2,1H3. The van der Waals surface area contributed by atoms with Crippen LogP contribution in [0.25, 0.3) is 0 Å². The molecule has 0 aromatic heterocycles. The number of aryl methyl sites for hydroxylation is 1. The molecule has 0 radical (unpaired) electrons. The first-order valence-electron chi connectivity index (χ1n) is 6.50. The molecule has 0 aliphatic carbocycles. The molecule has 2 rings (SSSR count). The van der Waals surface area contributed by atoms with Gasteiger partial charge in [-0.25, -0.2) is 0 Å². The summed E-state index contributed by atoms with van der Waals surface area (Å²) in [4.78, 5) is 0. The maximum Gasteiger partial charge on any atom is 0.301 e. The van der Waals surface area contributed by atoms with Crippen LogP contribution in [0.1, 0.15) is 24.8 Å². The van der Waals surface area contributed by atoms with E-state index >= 15 is 0 Å². The summed E-state index contributed by atoms with van der Waals surface area (Å²) in [5, 5.41) is 9.30. The van der Waals surface area contributed by atoms with Crippen LogP contribution in [-0.4, -0.2) is 37.0 Å². The number of benzene rings is 1. The Hall–Kier alpha value is -1.11. The maximum absolute atomic E-state index is 12.3. The van der Waals surface area contributed by atoms with E-state index in [1.54, 1.807) is 12.1 Å². The van der Waals surface area contributed by atoms with Crippen molar-refractivity contribution in [3.05, 3.63) is 29.8 Å². The third-order valence-corrected chi connectivity index (χ3v) is 4.95. The van der Waals surface area contributed by atoms with Crippen molar-refractivity contribution in [1.29, 1.82) is 0 Å². The van der Waals surface area contributed by atoms with Gasteiger partial charge < -0.3 is 5.11 Å². The van der Waals surface area contributed by atoms with Crippen molar-refractivity contribution in [3.8, 4) is 0 Å². The fourth-order valence-corrected chi connectivity index (χ4v) is 3.87. The summed E-state index contributed by atoms with van der Waals surface area (Å²) >= 11 is 0. The fraction of sp³-hybridized carbons (Fsp3) is 0.538. The molecular weight excluding hydrogens is 264 g/mol. The third kappa shape index (κ3) is 3.46. The number of nitrogens with zero attached hydrogens (tertiary/aromatic N) is 1. The van der Waals surface area contributed by atoms with Gasteiger partial charge in [0, 0.05) is 12.6 Å². The molecule has 1 aromatic rings. The lowest BCUT2D eigenvalue weighted by molar-refractivity contribution is 0.156. The molecule has 1 atom stereocenters. The second-order valence-electron chi connectivity index (χ2n) is 4.92. The minimum Gasteiger partial charge on any atom is -0.395 e. The van der Waals surface area contributed by atoms with Gasteiger partial charge in [-0.15, -0.1) is 0 Å². The second-order valence-corrected chi connectivity index (χ2v) is 6.54. The minimum absolute atomic E-state index is 0.130. The highest BCUT2D eigenvalue weighted by molar-refractivity contribution is 7.90. The maximum atomic E-state index is 12.3. The van der Waals surface area contributed by atoms with E-state index in [0.717, 1.165) is 18.4 Å². The van der Waals surface area contributed by atoms with E-state index in [1.165, 1.54) is 4.31 Å². The average molecular weight is 284 g/mol. The molecule has 1 fully saturated rings. The zero-order valence-corrected chi connectivity index (χ0v) is 11.9. The van der Waals surface area contributed by atoms with E-state index in [9.17, 15) is 13.5 Å². The van der Waals surface area contributed by atoms with Crippen LogP contribution >= 0.6 is 0 Å². The third-order valence-electron chi connectivity index (χ3n) is 3.36. The number of piperidine rings is 1. The zero-order chi connectivity index (χ0) is 13.9. The monoisotopic (exact) mass is 284 g/mol. The van der Waals surface area contributed by atoms with Gasteiger partial charge in [0.2, 0.25) is 0 Å². The van der Waals surface area contributed by atoms with E-state index < -0.39 is 10.2 Å². The van der Waals surface area contributed by atoms with Crippen molar-refractivity contribution >= 4 is 15.9 Å². The molecule has 0 bridgehead atoms. The summed E-state index contributed by atoms with van der Waals surface area (Å²) in [5.74, 6) is 0. The van der Waals surface area contributed by atoms with Gasteiger partial charge in [-0.3, -0.25) is 4.72 Å². The lowest BCUT2D eigenvalue weighted by atomic mass is 10.1. The van der Waals surface area contributed by atoms with E-state index in [2.05, 4.69) is 4.72 Å². The van der Waals surface area contributed by atoms with Crippen LogP contribution < -0.4 is 4.72 Å². The highest BCUT2D eigenvalue weighted by Gasteiger charge is 2.31. The number of aliphatic hydroxyl groups excluding tert-OH is 1. The molecule has 2 N–H and O–H groups in total. The summed E-state index contributed by atoms with van der Waals surface area (Å²) in [5.41, 5.74) is 1.56. The van der Waals surface area contributed by atoms with E-state index in [4.69, 9.17) is 0 Å². The number of hydrogen-bond acceptors (Lipinski definition) is 3. The Labute approximate surface area is 114 Å². The van der Waals surface area contributed by atoms with Crippen LogP contribution in [0.4, 0.5) is 5.69 Å². The predicted octanol–water partition coefficient (Wildman–Crippen LogP) is 1.50. The number of aliphatic hydroxyl groups is 1. The largest absolute Gasteiger partial charge is 0.395 e. The van der Waals surface area contributed by atoms with E-state index in [0.29, 0.717) is 18.7 Å². The fourth-order valence-electron chi connectivity index (χ4n) is 2.39. The van der Waals surface area contributed by atoms with Crippen LogP contribution in [-0.2, 0) is 10.2 Å². The molecule has 1 aliphatic rings. The Bertz CT molecular complexity index is 530. The molecule has 19 heavy (non-hydrogen) atoms. The van der Waals surface area contributed by atoms with Gasteiger partial charge in [0.25, 0.3) is 0 Å². The van der Waals surface area contributed by atoms with Crippen LogP contribution in [0, 0.1) is 6.92 Å². The summed E-state index contributed by atoms with van der Waals surface area (Å²) in [6.45, 7) is 2.25. The first kappa shape index (κ1) is 14.3. The molecule has 1 unspecified atom stereocenters. The highest BCUT2D eigenvalue weighted by Crippen LogP contribution is 2.22. The van der Waals surface area contributed by atoms with Gasteiger partial charge in [0.15, 0.2) is 0 Å². The SMILES string of the molecule is Cc1cccc(NS(=O)(=O)N2CCCCC2CO)c1. The molecule has 1 aliphatic heterocycles. The predicted molar refractivity (Wildman–Crippen MR) is 75.2 cm³/mol. The minimum atomic E-state index is -3.59. The number of anilines is 1. The van der Waals surface area contributed by atoms with Crippen LogP contribution in [0.15, 0.2) is 24.3 Å². The van der Waals surface area contributed by atoms with Crippen molar-refractivity contribution in [1.82, 2.24) is 4.31 Å². The van der Waals surface area contributed by atoms with Gasteiger partial charge >= 0.3 is 10.2 Å². The topological polar surface area (TPSA) is 69.6 Å². The van der Waals surface area contributed by atoms with Gasteiger partial charge in [0.05, 0.1) is 12.3 Å². The summed E-state index contributed by atoms with van der Waals surface area (Å²) in [7, 11) is -3.59. The normalized spacial score (nSPS) is 21.3. The Morgan fingerprint density at radius 2 is 2.21 bits per heavy atom. The molecule has 106 valence electrons. The first-order valence-corrected chi connectivity index (χ1v) is 7.94. The Morgan fingerprint density at radius 3 is 2.89 bits per heavy atom. The summed E-state index contributed by atoms with van der Waals surface area (Å²) < 4.78 is 28.6. The number of nitrogens with one attached hydrogen (secondary N) is 1. The molecule has 0 spiro atoms. The van der Waals surface area contributed by atoms with Gasteiger partial charge in [0.1, 0.15) is 0 Å². The lowest BCUT2D eigenvalue weighted by Gasteiger charge is -2.33. The van der Waals surface area contributed by atoms with Gasteiger partial charge in [-0.2, -0.15) is 12.7 Å². The molecule has 0 amide bonds. The molecular formula is C13H20N2O3S. The number of hydrogen-bond donors (Lipinski definition) is 2. The molecule has 1 saturated heterocycles. The Morgan fingerprint density at radius 1 is 1.42 bits per heavy atom. The molecule has 0 saturated carbocycles. The van der Waals surface area contributed by atoms with E-state index in [1.807, 2.05) is 19.1 Å². The van der Waals surface area contributed by atoms with Gasteiger partial charge in [-0.05, 0) is 37.5 Å². The molecule has 6 heteroatoms. The molecule has 1 heterocycles. The van der Waals surface area contributed by atoms with Crippen LogP contribution in [0.3, 0.4) is 0 Å². The lowest BCUT2D eigenvalue weighted by Crippen LogP contribution is -2.47. The zero-order valence-electron chi connectivity index (χ0n) is 11.0. The van der Waals surface area contributed by atoms with Crippen molar-refractivity contribution in [3.63, 3.8) is 0 Å². The quantitative estimate of drug-likeness (QED) is 0.880.